The molecule has 0 aromatic carbocycles. The van der Waals surface area contributed by atoms with Gasteiger partial charge in [-0.25, -0.2) is 4.68 Å². The lowest BCUT2D eigenvalue weighted by Crippen LogP contribution is -2.32. The highest BCUT2D eigenvalue weighted by Gasteiger charge is 2.31. The normalized spacial score (nSPS) is 21.3. The molecule has 1 aromatic heterocycles. The van der Waals surface area contributed by atoms with Crippen molar-refractivity contribution in [1.82, 2.24) is 9.78 Å². The van der Waals surface area contributed by atoms with Crippen LogP contribution in [0.5, 0.6) is 0 Å². The van der Waals surface area contributed by atoms with Crippen molar-refractivity contribution in [1.29, 1.82) is 0 Å². The standard InChI is InChI=1S/C15H27N3/c1-6-7-11(2)12-10-14-16-9-8-13(15(3,4)5)18(14)17-12/h10-11,13,16H,6-9H2,1-5H3. The van der Waals surface area contributed by atoms with Gasteiger partial charge in [-0.05, 0) is 18.3 Å². The van der Waals surface area contributed by atoms with E-state index >= 15 is 0 Å². The van der Waals surface area contributed by atoms with Gasteiger partial charge >= 0.3 is 0 Å². The Hall–Kier alpha value is -0.990. The van der Waals surface area contributed by atoms with Gasteiger partial charge in [0.15, 0.2) is 0 Å². The molecule has 0 radical (unpaired) electrons. The average molecular weight is 249 g/mol. The lowest BCUT2D eigenvalue weighted by atomic mass is 9.84. The van der Waals surface area contributed by atoms with E-state index in [4.69, 9.17) is 5.10 Å². The minimum Gasteiger partial charge on any atom is -0.370 e. The third-order valence-electron chi connectivity index (χ3n) is 4.00. The molecule has 2 atom stereocenters. The molecule has 2 unspecified atom stereocenters. The van der Waals surface area contributed by atoms with E-state index in [-0.39, 0.29) is 5.41 Å². The van der Waals surface area contributed by atoms with E-state index in [1.807, 2.05) is 0 Å². The SMILES string of the molecule is CCCC(C)c1cc2n(n1)C(C(C)(C)C)CCN2. The molecule has 0 saturated carbocycles. The van der Waals surface area contributed by atoms with Crippen molar-refractivity contribution in [3.05, 3.63) is 11.8 Å². The van der Waals surface area contributed by atoms with E-state index in [2.05, 4.69) is 50.7 Å². The quantitative estimate of drug-likeness (QED) is 0.870. The summed E-state index contributed by atoms with van der Waals surface area (Å²) in [4.78, 5) is 0. The fourth-order valence-corrected chi connectivity index (χ4v) is 2.86. The monoisotopic (exact) mass is 249 g/mol. The second kappa shape index (κ2) is 4.94. The highest BCUT2D eigenvalue weighted by Crippen LogP contribution is 2.38. The molecule has 0 fully saturated rings. The number of nitrogens with zero attached hydrogens (tertiary/aromatic N) is 2. The van der Waals surface area contributed by atoms with E-state index < -0.39 is 0 Å². The summed E-state index contributed by atoms with van der Waals surface area (Å²) in [6.07, 6.45) is 3.61. The number of aromatic nitrogens is 2. The van der Waals surface area contributed by atoms with E-state index in [0.29, 0.717) is 12.0 Å². The molecule has 3 heteroatoms. The van der Waals surface area contributed by atoms with Crippen LogP contribution in [0.25, 0.3) is 0 Å². The van der Waals surface area contributed by atoms with Crippen LogP contribution in [0.2, 0.25) is 0 Å². The highest BCUT2D eigenvalue weighted by molar-refractivity contribution is 5.40. The number of anilines is 1. The zero-order valence-electron chi connectivity index (χ0n) is 12.5. The fraction of sp³-hybridized carbons (Fsp3) is 0.800. The van der Waals surface area contributed by atoms with E-state index in [0.717, 1.165) is 6.54 Å². The maximum Gasteiger partial charge on any atom is 0.124 e. The smallest absolute Gasteiger partial charge is 0.124 e. The molecule has 1 N–H and O–H groups in total. The summed E-state index contributed by atoms with van der Waals surface area (Å²) in [5.74, 6) is 1.77. The molecule has 0 spiro atoms. The first kappa shape index (κ1) is 13.4. The molecule has 1 aromatic rings. The Morgan fingerprint density at radius 3 is 2.83 bits per heavy atom. The maximum atomic E-state index is 4.87. The predicted molar refractivity (Wildman–Crippen MR) is 77.1 cm³/mol. The first-order valence-corrected chi connectivity index (χ1v) is 7.26. The van der Waals surface area contributed by atoms with Crippen LogP contribution in [0.1, 0.15) is 71.5 Å². The van der Waals surface area contributed by atoms with Crippen LogP contribution in [0.3, 0.4) is 0 Å². The van der Waals surface area contributed by atoms with Crippen molar-refractivity contribution in [2.75, 3.05) is 11.9 Å². The average Bonchev–Trinajstić information content (AvgIpc) is 2.71. The van der Waals surface area contributed by atoms with Gasteiger partial charge in [0.2, 0.25) is 0 Å². The molecule has 0 saturated heterocycles. The number of nitrogens with one attached hydrogen (secondary N) is 1. The summed E-state index contributed by atoms with van der Waals surface area (Å²) in [7, 11) is 0. The lowest BCUT2D eigenvalue weighted by molar-refractivity contribution is 0.209. The minimum absolute atomic E-state index is 0.272. The molecular weight excluding hydrogens is 222 g/mol. The molecule has 1 aliphatic rings. The van der Waals surface area contributed by atoms with Gasteiger partial charge in [0.05, 0.1) is 11.7 Å². The number of hydrogen-bond acceptors (Lipinski definition) is 2. The van der Waals surface area contributed by atoms with Gasteiger partial charge in [-0.1, -0.05) is 41.0 Å². The van der Waals surface area contributed by atoms with Gasteiger partial charge in [0.25, 0.3) is 0 Å². The first-order chi connectivity index (χ1) is 8.43. The van der Waals surface area contributed by atoms with Crippen molar-refractivity contribution in [3.8, 4) is 0 Å². The highest BCUT2D eigenvalue weighted by atomic mass is 15.4. The molecule has 102 valence electrons. The molecular formula is C15H27N3. The Balaban J connectivity index is 2.29. The lowest BCUT2D eigenvalue weighted by Gasteiger charge is -2.35. The van der Waals surface area contributed by atoms with Crippen molar-refractivity contribution >= 4 is 5.82 Å². The number of hydrogen-bond donors (Lipinski definition) is 1. The van der Waals surface area contributed by atoms with E-state index in [1.165, 1.54) is 30.8 Å². The summed E-state index contributed by atoms with van der Waals surface area (Å²) in [5, 5.41) is 8.35. The third-order valence-corrected chi connectivity index (χ3v) is 4.00. The van der Waals surface area contributed by atoms with Crippen LogP contribution >= 0.6 is 0 Å². The molecule has 0 aliphatic carbocycles. The second-order valence-electron chi connectivity index (χ2n) is 6.69. The Kier molecular flexibility index (Phi) is 3.69. The first-order valence-electron chi connectivity index (χ1n) is 7.26. The van der Waals surface area contributed by atoms with Gasteiger partial charge < -0.3 is 5.32 Å². The molecule has 0 amide bonds. The van der Waals surface area contributed by atoms with Crippen molar-refractivity contribution in [2.24, 2.45) is 5.41 Å². The zero-order valence-corrected chi connectivity index (χ0v) is 12.5. The summed E-state index contributed by atoms with van der Waals surface area (Å²) in [6, 6.07) is 2.76. The van der Waals surface area contributed by atoms with Crippen LogP contribution < -0.4 is 5.32 Å². The molecule has 0 bridgehead atoms. The summed E-state index contributed by atoms with van der Waals surface area (Å²) in [5.41, 5.74) is 1.52. The topological polar surface area (TPSA) is 29.9 Å². The van der Waals surface area contributed by atoms with Crippen LogP contribution in [-0.2, 0) is 0 Å². The zero-order chi connectivity index (χ0) is 13.3. The largest absolute Gasteiger partial charge is 0.370 e. The summed E-state index contributed by atoms with van der Waals surface area (Å²) in [6.45, 7) is 12.5. The Morgan fingerprint density at radius 1 is 1.50 bits per heavy atom. The third kappa shape index (κ3) is 2.55. The Morgan fingerprint density at radius 2 is 2.22 bits per heavy atom. The molecule has 1 aliphatic heterocycles. The Bertz CT molecular complexity index is 400. The summed E-state index contributed by atoms with van der Waals surface area (Å²) < 4.78 is 2.23. The fourth-order valence-electron chi connectivity index (χ4n) is 2.86. The van der Waals surface area contributed by atoms with Gasteiger partial charge in [-0.2, -0.15) is 5.10 Å². The van der Waals surface area contributed by atoms with E-state index in [9.17, 15) is 0 Å². The molecule has 2 heterocycles. The van der Waals surface area contributed by atoms with Crippen LogP contribution in [0.15, 0.2) is 6.07 Å². The predicted octanol–water partition coefficient (Wildman–Crippen LogP) is 4.19. The Labute approximate surface area is 111 Å². The van der Waals surface area contributed by atoms with Crippen molar-refractivity contribution in [2.45, 2.75) is 65.8 Å². The van der Waals surface area contributed by atoms with Gasteiger partial charge in [0.1, 0.15) is 5.82 Å². The van der Waals surface area contributed by atoms with Gasteiger partial charge in [0, 0.05) is 18.5 Å². The van der Waals surface area contributed by atoms with Crippen LogP contribution in [0.4, 0.5) is 5.82 Å². The second-order valence-corrected chi connectivity index (χ2v) is 6.69. The molecule has 3 nitrogen and oxygen atoms in total. The maximum absolute atomic E-state index is 4.87. The van der Waals surface area contributed by atoms with Gasteiger partial charge in [-0.15, -0.1) is 0 Å². The summed E-state index contributed by atoms with van der Waals surface area (Å²) >= 11 is 0. The molecule has 2 rings (SSSR count). The van der Waals surface area contributed by atoms with Crippen LogP contribution in [-0.4, -0.2) is 16.3 Å². The number of rotatable bonds is 3. The number of fused-ring (bicyclic) bond motifs is 1. The van der Waals surface area contributed by atoms with E-state index in [1.54, 1.807) is 0 Å². The van der Waals surface area contributed by atoms with Gasteiger partial charge in [-0.3, -0.25) is 0 Å². The van der Waals surface area contributed by atoms with Crippen molar-refractivity contribution < 1.29 is 0 Å². The molecule has 18 heavy (non-hydrogen) atoms. The van der Waals surface area contributed by atoms with Crippen LogP contribution in [0, 0.1) is 5.41 Å². The van der Waals surface area contributed by atoms with Crippen molar-refractivity contribution in [3.63, 3.8) is 0 Å². The minimum atomic E-state index is 0.272.